The number of esters is 1. The first-order valence-corrected chi connectivity index (χ1v) is 4.18. The Kier molecular flexibility index (Phi) is 3.73. The molecular formula is C11H12O3. The van der Waals surface area contributed by atoms with Gasteiger partial charge in [0.15, 0.2) is 5.76 Å². The predicted octanol–water partition coefficient (Wildman–Crippen LogP) is 1.89. The second-order valence-corrected chi connectivity index (χ2v) is 2.69. The van der Waals surface area contributed by atoms with Crippen molar-refractivity contribution < 1.29 is 14.3 Å². The lowest BCUT2D eigenvalue weighted by Gasteiger charge is -2.06. The molecule has 14 heavy (non-hydrogen) atoms. The summed E-state index contributed by atoms with van der Waals surface area (Å²) in [6.45, 7) is 3.77. The molecule has 0 unspecified atom stereocenters. The van der Waals surface area contributed by atoms with Gasteiger partial charge >= 0.3 is 5.97 Å². The molecule has 74 valence electrons. The van der Waals surface area contributed by atoms with Crippen LogP contribution >= 0.6 is 0 Å². The fourth-order valence-electron chi connectivity index (χ4n) is 0.917. The summed E-state index contributed by atoms with van der Waals surface area (Å²) in [5.41, 5.74) is 0.984. The SMILES string of the molecule is C=C(OCc1ccccc1)C(=O)OC. The van der Waals surface area contributed by atoms with E-state index in [9.17, 15) is 4.79 Å². The van der Waals surface area contributed by atoms with Crippen molar-refractivity contribution in [3.8, 4) is 0 Å². The van der Waals surface area contributed by atoms with E-state index in [-0.39, 0.29) is 5.76 Å². The summed E-state index contributed by atoms with van der Waals surface area (Å²) in [6, 6.07) is 9.53. The normalized spacial score (nSPS) is 9.21. The molecule has 0 aliphatic rings. The highest BCUT2D eigenvalue weighted by Gasteiger charge is 2.06. The number of benzene rings is 1. The summed E-state index contributed by atoms with van der Waals surface area (Å²) in [6.07, 6.45) is 0. The lowest BCUT2D eigenvalue weighted by atomic mass is 10.2. The molecule has 0 atom stereocenters. The zero-order valence-corrected chi connectivity index (χ0v) is 8.03. The molecule has 0 radical (unpaired) electrons. The van der Waals surface area contributed by atoms with E-state index in [2.05, 4.69) is 11.3 Å². The lowest BCUT2D eigenvalue weighted by molar-refractivity contribution is -0.140. The molecular weight excluding hydrogens is 180 g/mol. The van der Waals surface area contributed by atoms with Gasteiger partial charge in [-0.1, -0.05) is 30.3 Å². The van der Waals surface area contributed by atoms with Crippen LogP contribution in [0, 0.1) is 0 Å². The van der Waals surface area contributed by atoms with Crippen LogP contribution in [-0.4, -0.2) is 13.1 Å². The highest BCUT2D eigenvalue weighted by molar-refractivity contribution is 5.85. The predicted molar refractivity (Wildman–Crippen MR) is 52.4 cm³/mol. The lowest BCUT2D eigenvalue weighted by Crippen LogP contribution is -2.06. The molecule has 0 saturated heterocycles. The van der Waals surface area contributed by atoms with Gasteiger partial charge < -0.3 is 9.47 Å². The van der Waals surface area contributed by atoms with E-state index in [4.69, 9.17) is 4.74 Å². The van der Waals surface area contributed by atoms with Gasteiger partial charge in [0, 0.05) is 0 Å². The van der Waals surface area contributed by atoms with Crippen molar-refractivity contribution in [3.63, 3.8) is 0 Å². The quantitative estimate of drug-likeness (QED) is 0.415. The number of rotatable bonds is 4. The van der Waals surface area contributed by atoms with Gasteiger partial charge in [0.2, 0.25) is 0 Å². The van der Waals surface area contributed by atoms with Crippen molar-refractivity contribution in [1.29, 1.82) is 0 Å². The molecule has 3 nitrogen and oxygen atoms in total. The Morgan fingerprint density at radius 3 is 2.57 bits per heavy atom. The van der Waals surface area contributed by atoms with Crippen molar-refractivity contribution >= 4 is 5.97 Å². The Morgan fingerprint density at radius 2 is 2.00 bits per heavy atom. The van der Waals surface area contributed by atoms with E-state index < -0.39 is 5.97 Å². The maximum absolute atomic E-state index is 10.9. The standard InChI is InChI=1S/C11H12O3/c1-9(11(12)13-2)14-8-10-6-4-3-5-7-10/h3-7H,1,8H2,2H3. The maximum Gasteiger partial charge on any atom is 0.372 e. The molecule has 0 aliphatic heterocycles. The van der Waals surface area contributed by atoms with Crippen LogP contribution in [0.15, 0.2) is 42.7 Å². The fourth-order valence-corrected chi connectivity index (χ4v) is 0.917. The van der Waals surface area contributed by atoms with Crippen LogP contribution in [0.1, 0.15) is 5.56 Å². The van der Waals surface area contributed by atoms with Crippen LogP contribution in [0.25, 0.3) is 0 Å². The van der Waals surface area contributed by atoms with Gasteiger partial charge in [-0.05, 0) is 12.1 Å². The van der Waals surface area contributed by atoms with E-state index in [1.807, 2.05) is 30.3 Å². The molecule has 0 spiro atoms. The zero-order valence-electron chi connectivity index (χ0n) is 8.03. The van der Waals surface area contributed by atoms with E-state index >= 15 is 0 Å². The molecule has 0 amide bonds. The van der Waals surface area contributed by atoms with Crippen LogP contribution in [0.3, 0.4) is 0 Å². The first kappa shape index (κ1) is 10.3. The van der Waals surface area contributed by atoms with Crippen molar-refractivity contribution in [2.24, 2.45) is 0 Å². The Balaban J connectivity index is 2.42. The van der Waals surface area contributed by atoms with Crippen LogP contribution in [0.5, 0.6) is 0 Å². The average Bonchev–Trinajstić information content (AvgIpc) is 2.26. The van der Waals surface area contributed by atoms with Gasteiger partial charge in [-0.15, -0.1) is 0 Å². The number of carbonyl (C=O) groups excluding carboxylic acids is 1. The summed E-state index contributed by atoms with van der Waals surface area (Å²) in [5, 5.41) is 0. The number of ether oxygens (including phenoxy) is 2. The minimum atomic E-state index is -0.541. The second kappa shape index (κ2) is 5.07. The Labute approximate surface area is 83.0 Å². The summed E-state index contributed by atoms with van der Waals surface area (Å²) in [5.74, 6) is -0.516. The monoisotopic (exact) mass is 192 g/mol. The third kappa shape index (κ3) is 2.94. The molecule has 0 fully saturated rings. The minimum Gasteiger partial charge on any atom is -0.482 e. The van der Waals surface area contributed by atoms with Crippen molar-refractivity contribution in [3.05, 3.63) is 48.2 Å². The number of hydrogen-bond donors (Lipinski definition) is 0. The van der Waals surface area contributed by atoms with Crippen LogP contribution in [0.2, 0.25) is 0 Å². The molecule has 1 rings (SSSR count). The highest BCUT2D eigenvalue weighted by Crippen LogP contribution is 2.05. The van der Waals surface area contributed by atoms with Crippen molar-refractivity contribution in [1.82, 2.24) is 0 Å². The van der Waals surface area contributed by atoms with Gasteiger partial charge in [0.05, 0.1) is 7.11 Å². The Morgan fingerprint density at radius 1 is 1.36 bits per heavy atom. The number of hydrogen-bond acceptors (Lipinski definition) is 3. The molecule has 0 N–H and O–H groups in total. The molecule has 0 heterocycles. The summed E-state index contributed by atoms with van der Waals surface area (Å²) < 4.78 is 9.55. The summed E-state index contributed by atoms with van der Waals surface area (Å²) >= 11 is 0. The van der Waals surface area contributed by atoms with Gasteiger partial charge in [-0.3, -0.25) is 0 Å². The Bertz CT molecular complexity index is 317. The Hall–Kier alpha value is -1.77. The van der Waals surface area contributed by atoms with Crippen LogP contribution in [-0.2, 0) is 20.9 Å². The smallest absolute Gasteiger partial charge is 0.372 e. The minimum absolute atomic E-state index is 0.0244. The van der Waals surface area contributed by atoms with Crippen molar-refractivity contribution in [2.75, 3.05) is 7.11 Å². The first-order chi connectivity index (χ1) is 6.74. The van der Waals surface area contributed by atoms with Gasteiger partial charge in [0.1, 0.15) is 6.61 Å². The van der Waals surface area contributed by atoms with Crippen molar-refractivity contribution in [2.45, 2.75) is 6.61 Å². The third-order valence-electron chi connectivity index (χ3n) is 1.67. The van der Waals surface area contributed by atoms with Crippen LogP contribution < -0.4 is 0 Å². The highest BCUT2D eigenvalue weighted by atomic mass is 16.6. The molecule has 0 aromatic heterocycles. The molecule has 1 aromatic carbocycles. The number of methoxy groups -OCH3 is 1. The first-order valence-electron chi connectivity index (χ1n) is 4.18. The van der Waals surface area contributed by atoms with E-state index in [1.54, 1.807) is 0 Å². The number of carbonyl (C=O) groups is 1. The summed E-state index contributed by atoms with van der Waals surface area (Å²) in [7, 11) is 1.29. The molecule has 1 aromatic rings. The largest absolute Gasteiger partial charge is 0.482 e. The fraction of sp³-hybridized carbons (Fsp3) is 0.182. The molecule has 0 bridgehead atoms. The van der Waals surface area contributed by atoms with Gasteiger partial charge in [-0.25, -0.2) is 4.79 Å². The van der Waals surface area contributed by atoms with E-state index in [1.165, 1.54) is 7.11 Å². The summed E-state index contributed by atoms with van der Waals surface area (Å²) in [4.78, 5) is 10.9. The molecule has 0 aliphatic carbocycles. The maximum atomic E-state index is 10.9. The topological polar surface area (TPSA) is 35.5 Å². The van der Waals surface area contributed by atoms with Crippen LogP contribution in [0.4, 0.5) is 0 Å². The average molecular weight is 192 g/mol. The van der Waals surface area contributed by atoms with E-state index in [0.717, 1.165) is 5.56 Å². The molecule has 3 heteroatoms. The van der Waals surface area contributed by atoms with Gasteiger partial charge in [-0.2, -0.15) is 0 Å². The van der Waals surface area contributed by atoms with Gasteiger partial charge in [0.25, 0.3) is 0 Å². The van der Waals surface area contributed by atoms with E-state index in [0.29, 0.717) is 6.61 Å². The molecule has 0 saturated carbocycles. The second-order valence-electron chi connectivity index (χ2n) is 2.69. The zero-order chi connectivity index (χ0) is 10.4. The third-order valence-corrected chi connectivity index (χ3v) is 1.67.